The summed E-state index contributed by atoms with van der Waals surface area (Å²) >= 11 is 0. The Morgan fingerprint density at radius 1 is 1.03 bits per heavy atom. The van der Waals surface area contributed by atoms with Gasteiger partial charge in [-0.2, -0.15) is 0 Å². The summed E-state index contributed by atoms with van der Waals surface area (Å²) < 4.78 is 9.88. The molecule has 174 valence electrons. The number of nitrogens with one attached hydrogen (secondary N) is 2. The van der Waals surface area contributed by atoms with E-state index in [2.05, 4.69) is 10.6 Å². The lowest BCUT2D eigenvalue weighted by Gasteiger charge is -2.32. The number of nitrogens with zero attached hydrogens (tertiary/aromatic N) is 2. The van der Waals surface area contributed by atoms with Crippen LogP contribution in [0, 0.1) is 0 Å². The minimum atomic E-state index is -0.578. The Hall–Kier alpha value is -2.13. The van der Waals surface area contributed by atoms with Crippen LogP contribution in [0.3, 0.4) is 0 Å². The summed E-state index contributed by atoms with van der Waals surface area (Å²) in [5.41, 5.74) is 0.571. The van der Waals surface area contributed by atoms with Gasteiger partial charge in [0, 0.05) is 32.3 Å². The third kappa shape index (κ3) is 6.20. The number of hydrogen-bond acceptors (Lipinski definition) is 6. The van der Waals surface area contributed by atoms with Crippen molar-refractivity contribution in [2.75, 3.05) is 40.5 Å². The minimum absolute atomic E-state index is 0.0648. The highest BCUT2D eigenvalue weighted by molar-refractivity contribution is 6.00. The molecule has 1 saturated heterocycles. The summed E-state index contributed by atoms with van der Waals surface area (Å²) in [5.74, 6) is -0.578. The molecule has 9 heteroatoms. The molecule has 3 aliphatic rings. The van der Waals surface area contributed by atoms with Gasteiger partial charge < -0.3 is 25.0 Å². The van der Waals surface area contributed by atoms with E-state index in [4.69, 9.17) is 9.47 Å². The molecule has 1 saturated carbocycles. The molecule has 2 fully saturated rings. The first-order chi connectivity index (χ1) is 15.0. The highest BCUT2D eigenvalue weighted by atomic mass is 16.5. The van der Waals surface area contributed by atoms with Crippen LogP contribution in [0.15, 0.2) is 11.3 Å². The van der Waals surface area contributed by atoms with Gasteiger partial charge in [0.05, 0.1) is 31.5 Å². The number of hydrogen-bond donors (Lipinski definition) is 2. The van der Waals surface area contributed by atoms with Gasteiger partial charge in [0.15, 0.2) is 0 Å². The Labute approximate surface area is 184 Å². The first-order valence-electron chi connectivity index (χ1n) is 11.5. The van der Waals surface area contributed by atoms with E-state index in [1.165, 1.54) is 65.6 Å². The number of rotatable bonds is 5. The largest absolute Gasteiger partial charge is 0.466 e. The predicted molar refractivity (Wildman–Crippen MR) is 115 cm³/mol. The molecule has 4 amide bonds. The van der Waals surface area contributed by atoms with Crippen LogP contribution in [-0.4, -0.2) is 80.4 Å². The predicted octanol–water partition coefficient (Wildman–Crippen LogP) is 2.37. The van der Waals surface area contributed by atoms with Gasteiger partial charge in [-0.05, 0) is 19.3 Å². The summed E-state index contributed by atoms with van der Waals surface area (Å²) in [4.78, 5) is 40.5. The van der Waals surface area contributed by atoms with Gasteiger partial charge in [-0.25, -0.2) is 19.3 Å². The summed E-state index contributed by atoms with van der Waals surface area (Å²) in [6.07, 6.45) is 11.0. The molecule has 0 spiro atoms. The number of urea groups is 2. The molecule has 2 heterocycles. The number of esters is 1. The lowest BCUT2D eigenvalue weighted by atomic mass is 10.0. The summed E-state index contributed by atoms with van der Waals surface area (Å²) in [6.45, 7) is 1.11. The second kappa shape index (κ2) is 11.5. The van der Waals surface area contributed by atoms with Crippen LogP contribution >= 0.6 is 0 Å². The van der Waals surface area contributed by atoms with Gasteiger partial charge in [0.25, 0.3) is 0 Å². The fraction of sp³-hybridized carbons (Fsp3) is 0.773. The van der Waals surface area contributed by atoms with Crippen molar-refractivity contribution in [1.82, 2.24) is 20.4 Å². The maximum absolute atomic E-state index is 13.1. The first-order valence-corrected chi connectivity index (χ1v) is 11.5. The van der Waals surface area contributed by atoms with Gasteiger partial charge in [0.1, 0.15) is 0 Å². The van der Waals surface area contributed by atoms with Crippen molar-refractivity contribution < 1.29 is 23.9 Å². The maximum atomic E-state index is 13.1. The highest BCUT2D eigenvalue weighted by Gasteiger charge is 2.37. The van der Waals surface area contributed by atoms with Crippen molar-refractivity contribution in [3.05, 3.63) is 11.3 Å². The van der Waals surface area contributed by atoms with E-state index in [9.17, 15) is 14.4 Å². The molecule has 0 aromatic heterocycles. The van der Waals surface area contributed by atoms with Gasteiger partial charge in [-0.15, -0.1) is 0 Å². The number of amides is 4. The van der Waals surface area contributed by atoms with Crippen LogP contribution in [-0.2, 0) is 14.3 Å². The van der Waals surface area contributed by atoms with Crippen LogP contribution in [0.4, 0.5) is 9.59 Å². The number of likely N-dealkylation sites (tertiary alicyclic amines) is 1. The average Bonchev–Trinajstić information content (AvgIpc) is 3.27. The van der Waals surface area contributed by atoms with Crippen LogP contribution in [0.25, 0.3) is 0 Å². The number of imide groups is 1. The van der Waals surface area contributed by atoms with E-state index in [1.807, 2.05) is 0 Å². The van der Waals surface area contributed by atoms with E-state index in [0.29, 0.717) is 24.8 Å². The Kier molecular flexibility index (Phi) is 8.71. The lowest BCUT2D eigenvalue weighted by molar-refractivity contribution is -0.136. The van der Waals surface area contributed by atoms with Crippen LogP contribution in [0.1, 0.15) is 57.8 Å². The Morgan fingerprint density at radius 2 is 1.71 bits per heavy atom. The molecule has 9 nitrogen and oxygen atoms in total. The van der Waals surface area contributed by atoms with E-state index in [0.717, 1.165) is 11.3 Å². The van der Waals surface area contributed by atoms with Crippen molar-refractivity contribution in [1.29, 1.82) is 0 Å². The summed E-state index contributed by atoms with van der Waals surface area (Å²) in [5, 5.41) is 6.37. The third-order valence-electron chi connectivity index (χ3n) is 6.42. The standard InChI is InChI=1S/C22H36N4O5/c1-30-15-19-18(20(27)31-2)14-26(21(28)24-19)22(29)25-12-11-17(13-25)23-16-9-7-5-3-4-6-8-10-16/h16-17,23H,3-15H2,1-2H3,(H,24,28). The fourth-order valence-corrected chi connectivity index (χ4v) is 4.70. The molecule has 2 aliphatic heterocycles. The zero-order valence-electron chi connectivity index (χ0n) is 18.8. The summed E-state index contributed by atoms with van der Waals surface area (Å²) in [7, 11) is 2.75. The SMILES string of the molecule is COCC1=C(C(=O)OC)CN(C(=O)N2CCC(NC3CCCCCCCC3)C2)C(=O)N1. The minimum Gasteiger partial charge on any atom is -0.466 e. The van der Waals surface area contributed by atoms with Crippen LogP contribution in [0.5, 0.6) is 0 Å². The van der Waals surface area contributed by atoms with E-state index >= 15 is 0 Å². The lowest BCUT2D eigenvalue weighted by Crippen LogP contribution is -2.54. The summed E-state index contributed by atoms with van der Waals surface area (Å²) in [6, 6.07) is -0.185. The van der Waals surface area contributed by atoms with Gasteiger partial charge in [-0.1, -0.05) is 38.5 Å². The second-order valence-electron chi connectivity index (χ2n) is 8.67. The monoisotopic (exact) mass is 436 g/mol. The number of ether oxygens (including phenoxy) is 2. The molecule has 1 atom stereocenters. The van der Waals surface area contributed by atoms with Gasteiger partial charge >= 0.3 is 18.0 Å². The molecule has 31 heavy (non-hydrogen) atoms. The number of carbonyl (C=O) groups excluding carboxylic acids is 3. The van der Waals surface area contributed by atoms with E-state index in [1.54, 1.807) is 4.90 Å². The normalized spacial score (nSPS) is 23.8. The highest BCUT2D eigenvalue weighted by Crippen LogP contribution is 2.21. The average molecular weight is 437 g/mol. The fourth-order valence-electron chi connectivity index (χ4n) is 4.70. The first kappa shape index (κ1) is 23.5. The zero-order valence-corrected chi connectivity index (χ0v) is 18.8. The van der Waals surface area contributed by atoms with Crippen molar-refractivity contribution in [3.63, 3.8) is 0 Å². The van der Waals surface area contributed by atoms with Crippen molar-refractivity contribution in [3.8, 4) is 0 Å². The smallest absolute Gasteiger partial charge is 0.337 e. The molecule has 2 N–H and O–H groups in total. The van der Waals surface area contributed by atoms with Gasteiger partial charge in [0.2, 0.25) is 0 Å². The van der Waals surface area contributed by atoms with Gasteiger partial charge in [-0.3, -0.25) is 0 Å². The Bertz CT molecular complexity index is 685. The molecule has 0 aromatic carbocycles. The quantitative estimate of drug-likeness (QED) is 0.642. The van der Waals surface area contributed by atoms with E-state index < -0.39 is 12.0 Å². The van der Waals surface area contributed by atoms with E-state index in [-0.39, 0.29) is 30.8 Å². The molecule has 0 aromatic rings. The molecule has 0 bridgehead atoms. The Morgan fingerprint density at radius 3 is 2.35 bits per heavy atom. The molecular weight excluding hydrogens is 400 g/mol. The number of methoxy groups -OCH3 is 2. The molecule has 1 unspecified atom stereocenters. The van der Waals surface area contributed by atoms with Crippen molar-refractivity contribution in [2.24, 2.45) is 0 Å². The van der Waals surface area contributed by atoms with Crippen LogP contribution in [0.2, 0.25) is 0 Å². The van der Waals surface area contributed by atoms with Crippen molar-refractivity contribution >= 4 is 18.0 Å². The molecular formula is C22H36N4O5. The molecule has 1 aliphatic carbocycles. The third-order valence-corrected chi connectivity index (χ3v) is 6.42. The number of carbonyl (C=O) groups is 3. The molecule has 3 rings (SSSR count). The van der Waals surface area contributed by atoms with Crippen LogP contribution < -0.4 is 10.6 Å². The molecule has 0 radical (unpaired) electrons. The van der Waals surface area contributed by atoms with Crippen molar-refractivity contribution in [2.45, 2.75) is 69.9 Å². The topological polar surface area (TPSA) is 100 Å². The Balaban J connectivity index is 1.58. The maximum Gasteiger partial charge on any atom is 0.337 e. The zero-order chi connectivity index (χ0) is 22.2. The second-order valence-corrected chi connectivity index (χ2v) is 8.67.